The van der Waals surface area contributed by atoms with E-state index in [1.165, 1.54) is 11.1 Å². The van der Waals surface area contributed by atoms with Crippen LogP contribution >= 0.6 is 0 Å². The van der Waals surface area contributed by atoms with Crippen molar-refractivity contribution in [3.63, 3.8) is 0 Å². The average molecular weight is 703 g/mol. The van der Waals surface area contributed by atoms with E-state index in [2.05, 4.69) is 145 Å². The molecule has 2 N–H and O–H groups in total. The molecule has 5 heterocycles. The van der Waals surface area contributed by atoms with Gasteiger partial charge in [0, 0.05) is 44.3 Å². The first-order chi connectivity index (χ1) is 26.4. The maximum atomic E-state index is 5.53. The third-order valence-corrected chi connectivity index (χ3v) is 10.2. The lowest BCUT2D eigenvalue weighted by molar-refractivity contribution is 0.415. The number of methoxy groups -OCH3 is 2. The summed E-state index contributed by atoms with van der Waals surface area (Å²) in [7, 11) is 3.37. The highest BCUT2D eigenvalue weighted by Gasteiger charge is 2.19. The molecule has 0 amide bonds. The minimum atomic E-state index is 0.795. The lowest BCUT2D eigenvalue weighted by Gasteiger charge is -2.08. The second kappa shape index (κ2) is 13.6. The molecule has 4 aromatic carbocycles. The molecule has 2 aliphatic heterocycles. The number of aromatic nitrogens is 4. The van der Waals surface area contributed by atoms with Crippen molar-refractivity contribution in [1.29, 1.82) is 0 Å². The van der Waals surface area contributed by atoms with Crippen molar-refractivity contribution in [1.82, 2.24) is 19.9 Å². The van der Waals surface area contributed by atoms with Crippen molar-refractivity contribution < 1.29 is 9.47 Å². The molecule has 6 heteroatoms. The van der Waals surface area contributed by atoms with Crippen LogP contribution in [0.5, 0.6) is 11.5 Å². The zero-order valence-corrected chi connectivity index (χ0v) is 30.6. The standard InChI is InChI=1S/C48H38N4O2/c1-29-5-9-31(10-6-29)45-37-21-22-38(49-37)46(32-11-7-30(2)8-12-32)40-24-26-42(51-40)48(34-15-19-36(54-4)20-16-34)44-28-27-43(52-44)47(41-25-23-39(45)50-41)33-13-17-35(53-3)18-14-33/h5-28,50-51H,1-4H3. The van der Waals surface area contributed by atoms with Gasteiger partial charge < -0.3 is 19.4 Å². The van der Waals surface area contributed by atoms with Gasteiger partial charge in [-0.15, -0.1) is 0 Å². The molecule has 0 fully saturated rings. The van der Waals surface area contributed by atoms with E-state index in [0.717, 1.165) is 101 Å². The van der Waals surface area contributed by atoms with Crippen LogP contribution in [0, 0.1) is 13.8 Å². The molecule has 0 unspecified atom stereocenters. The Morgan fingerprint density at radius 2 is 0.611 bits per heavy atom. The number of nitrogens with zero attached hydrogens (tertiary/aromatic N) is 2. The summed E-state index contributed by atoms with van der Waals surface area (Å²) in [5, 5.41) is 0. The molecule has 6 nitrogen and oxygen atoms in total. The van der Waals surface area contributed by atoms with E-state index in [0.29, 0.717) is 0 Å². The fourth-order valence-corrected chi connectivity index (χ4v) is 7.38. The van der Waals surface area contributed by atoms with Gasteiger partial charge in [-0.1, -0.05) is 83.9 Å². The number of hydrogen-bond donors (Lipinski definition) is 2. The van der Waals surface area contributed by atoms with Crippen LogP contribution in [0.15, 0.2) is 121 Å². The molecule has 0 saturated heterocycles. The fourth-order valence-electron chi connectivity index (χ4n) is 7.38. The number of H-pyrrole nitrogens is 2. The zero-order valence-electron chi connectivity index (χ0n) is 30.6. The van der Waals surface area contributed by atoms with Crippen LogP contribution in [-0.4, -0.2) is 34.2 Å². The number of aromatic amines is 2. The highest BCUT2D eigenvalue weighted by Crippen LogP contribution is 2.39. The van der Waals surface area contributed by atoms with Gasteiger partial charge in [-0.2, -0.15) is 0 Å². The van der Waals surface area contributed by atoms with E-state index in [4.69, 9.17) is 19.4 Å². The third kappa shape index (κ3) is 5.97. The SMILES string of the molecule is COc1ccc(-c2c3nc(c(-c4ccc(OC)cc4)c4ccc([nH]4)c(-c4ccc(C)cc4)c4nc(c(-c5ccc(C)cc5)c5ccc2[nH]5)C=C4)C=C3)cc1. The molecule has 8 bridgehead atoms. The van der Waals surface area contributed by atoms with E-state index < -0.39 is 0 Å². The van der Waals surface area contributed by atoms with E-state index in [9.17, 15) is 0 Å². The smallest absolute Gasteiger partial charge is 0.118 e. The first kappa shape index (κ1) is 33.0. The highest BCUT2D eigenvalue weighted by atomic mass is 16.5. The Bertz CT molecular complexity index is 2580. The molecule has 7 aromatic rings. The summed E-state index contributed by atoms with van der Waals surface area (Å²) in [5.41, 5.74) is 17.9. The lowest BCUT2D eigenvalue weighted by Crippen LogP contribution is -1.90. The molecular formula is C48H38N4O2. The molecule has 2 aliphatic rings. The van der Waals surface area contributed by atoms with Gasteiger partial charge in [0.05, 0.1) is 37.0 Å². The average Bonchev–Trinajstić information content (AvgIpc) is 4.05. The maximum Gasteiger partial charge on any atom is 0.118 e. The Kier molecular flexibility index (Phi) is 8.28. The van der Waals surface area contributed by atoms with Gasteiger partial charge in [0.25, 0.3) is 0 Å². The minimum absolute atomic E-state index is 0.795. The minimum Gasteiger partial charge on any atom is -0.497 e. The number of aryl methyl sites for hydroxylation is 2. The molecule has 262 valence electrons. The van der Waals surface area contributed by atoms with Gasteiger partial charge in [0.2, 0.25) is 0 Å². The van der Waals surface area contributed by atoms with Crippen LogP contribution in [0.4, 0.5) is 0 Å². The summed E-state index contributed by atoms with van der Waals surface area (Å²) in [6.45, 7) is 4.22. The summed E-state index contributed by atoms with van der Waals surface area (Å²) in [5.74, 6) is 1.59. The van der Waals surface area contributed by atoms with Crippen molar-refractivity contribution in [3.8, 4) is 56.0 Å². The second-order valence-electron chi connectivity index (χ2n) is 13.7. The Labute approximate surface area is 314 Å². The van der Waals surface area contributed by atoms with Gasteiger partial charge in [-0.25, -0.2) is 9.97 Å². The zero-order chi connectivity index (χ0) is 36.8. The predicted octanol–water partition coefficient (Wildman–Crippen LogP) is 12.0. The van der Waals surface area contributed by atoms with E-state index in [1.807, 2.05) is 24.3 Å². The Morgan fingerprint density at radius 1 is 0.352 bits per heavy atom. The second-order valence-corrected chi connectivity index (χ2v) is 13.7. The first-order valence-corrected chi connectivity index (χ1v) is 18.0. The molecular weight excluding hydrogens is 665 g/mol. The van der Waals surface area contributed by atoms with Crippen LogP contribution in [-0.2, 0) is 0 Å². The van der Waals surface area contributed by atoms with Gasteiger partial charge in [-0.05, 0) is 109 Å². The normalized spacial score (nSPS) is 11.9. The first-order valence-electron chi connectivity index (χ1n) is 18.0. The van der Waals surface area contributed by atoms with Crippen LogP contribution in [0.3, 0.4) is 0 Å². The lowest BCUT2D eigenvalue weighted by atomic mass is 10.0. The number of rotatable bonds is 6. The van der Waals surface area contributed by atoms with Gasteiger partial charge in [-0.3, -0.25) is 0 Å². The van der Waals surface area contributed by atoms with E-state index >= 15 is 0 Å². The van der Waals surface area contributed by atoms with Gasteiger partial charge in [0.1, 0.15) is 11.5 Å². The predicted molar refractivity (Wildman–Crippen MR) is 223 cm³/mol. The summed E-state index contributed by atoms with van der Waals surface area (Å²) in [6, 6.07) is 42.2. The number of benzene rings is 4. The summed E-state index contributed by atoms with van der Waals surface area (Å²) < 4.78 is 11.1. The fraction of sp³-hybridized carbons (Fsp3) is 0.0833. The molecule has 0 aliphatic carbocycles. The van der Waals surface area contributed by atoms with Crippen LogP contribution < -0.4 is 9.47 Å². The maximum absolute atomic E-state index is 5.53. The number of nitrogens with one attached hydrogen (secondary N) is 2. The molecule has 0 atom stereocenters. The van der Waals surface area contributed by atoms with Crippen molar-refractivity contribution in [2.24, 2.45) is 0 Å². The Hall–Kier alpha value is -6.92. The van der Waals surface area contributed by atoms with E-state index in [-0.39, 0.29) is 0 Å². The van der Waals surface area contributed by atoms with Crippen molar-refractivity contribution in [2.75, 3.05) is 14.2 Å². The quantitative estimate of drug-likeness (QED) is 0.181. The van der Waals surface area contributed by atoms with E-state index in [1.54, 1.807) is 14.2 Å². The van der Waals surface area contributed by atoms with Gasteiger partial charge >= 0.3 is 0 Å². The summed E-state index contributed by atoms with van der Waals surface area (Å²) >= 11 is 0. The molecule has 9 rings (SSSR count). The number of fused-ring (bicyclic) bond motifs is 8. The topological polar surface area (TPSA) is 75.8 Å². The summed E-state index contributed by atoms with van der Waals surface area (Å²) in [4.78, 5) is 18.4. The third-order valence-electron chi connectivity index (χ3n) is 10.2. The molecule has 3 aromatic heterocycles. The van der Waals surface area contributed by atoms with Crippen LogP contribution in [0.25, 0.3) is 90.9 Å². The van der Waals surface area contributed by atoms with Gasteiger partial charge in [0.15, 0.2) is 0 Å². The molecule has 0 spiro atoms. The van der Waals surface area contributed by atoms with Crippen molar-refractivity contribution in [3.05, 3.63) is 155 Å². The van der Waals surface area contributed by atoms with Crippen LogP contribution in [0.2, 0.25) is 0 Å². The molecule has 0 radical (unpaired) electrons. The Balaban J connectivity index is 1.45. The monoisotopic (exact) mass is 702 g/mol. The number of ether oxygens (including phenoxy) is 2. The highest BCUT2D eigenvalue weighted by molar-refractivity contribution is 5.99. The largest absolute Gasteiger partial charge is 0.497 e. The van der Waals surface area contributed by atoms with Crippen LogP contribution in [0.1, 0.15) is 33.9 Å². The summed E-state index contributed by atoms with van der Waals surface area (Å²) in [6.07, 6.45) is 8.49. The molecule has 0 saturated carbocycles. The van der Waals surface area contributed by atoms with Crippen molar-refractivity contribution in [2.45, 2.75) is 13.8 Å². The Morgan fingerprint density at radius 3 is 0.870 bits per heavy atom. The van der Waals surface area contributed by atoms with Crippen molar-refractivity contribution >= 4 is 46.4 Å². The molecule has 54 heavy (non-hydrogen) atoms. The number of hydrogen-bond acceptors (Lipinski definition) is 4.